The molecule has 0 aliphatic carbocycles. The molecular formula is C22H16N2OS. The molecule has 0 bridgehead atoms. The molecule has 0 spiro atoms. The lowest BCUT2D eigenvalue weighted by Crippen LogP contribution is -2.38. The van der Waals surface area contributed by atoms with Crippen molar-refractivity contribution in [2.75, 3.05) is 5.32 Å². The van der Waals surface area contributed by atoms with Gasteiger partial charge in [0, 0.05) is 16.5 Å². The van der Waals surface area contributed by atoms with Crippen molar-refractivity contribution < 1.29 is 4.79 Å². The number of nitrogens with one attached hydrogen (secondary N) is 2. The lowest BCUT2D eigenvalue weighted by molar-refractivity contribution is 0.0937. The van der Waals surface area contributed by atoms with Gasteiger partial charge >= 0.3 is 0 Å². The molecule has 1 aliphatic rings. The first kappa shape index (κ1) is 15.2. The first-order valence-corrected chi connectivity index (χ1v) is 9.41. The molecule has 1 aromatic heterocycles. The number of carbonyl (C=O) groups is 1. The molecule has 1 amide bonds. The molecule has 5 rings (SSSR count). The van der Waals surface area contributed by atoms with E-state index in [1.165, 1.54) is 5.39 Å². The number of hydrogen-bond donors (Lipinski definition) is 2. The zero-order valence-electron chi connectivity index (χ0n) is 13.9. The monoisotopic (exact) mass is 356 g/mol. The van der Waals surface area contributed by atoms with Crippen molar-refractivity contribution in [1.82, 2.24) is 5.32 Å². The fourth-order valence-corrected chi connectivity index (χ4v) is 4.54. The van der Waals surface area contributed by atoms with Crippen LogP contribution >= 0.6 is 11.3 Å². The maximum atomic E-state index is 12.9. The summed E-state index contributed by atoms with van der Waals surface area (Å²) >= 11 is 1.58. The van der Waals surface area contributed by atoms with Gasteiger partial charge in [0.05, 0.1) is 5.56 Å². The number of rotatable bonds is 2. The Hall–Kier alpha value is -3.11. The molecular weight excluding hydrogens is 340 g/mol. The van der Waals surface area contributed by atoms with Crippen LogP contribution in [-0.2, 0) is 0 Å². The Morgan fingerprint density at radius 3 is 2.46 bits per heavy atom. The molecule has 4 aromatic rings. The lowest BCUT2D eigenvalue weighted by Gasteiger charge is -2.27. The van der Waals surface area contributed by atoms with E-state index in [1.807, 2.05) is 48.5 Å². The Morgan fingerprint density at radius 2 is 1.58 bits per heavy atom. The SMILES string of the molecule is O=C1N[C@@H](c2cccc3ccccc23)Nc2scc(-c3ccccc3)c21. The molecule has 2 N–H and O–H groups in total. The topological polar surface area (TPSA) is 41.1 Å². The van der Waals surface area contributed by atoms with Crippen LogP contribution in [0, 0.1) is 0 Å². The number of benzene rings is 3. The summed E-state index contributed by atoms with van der Waals surface area (Å²) in [6.07, 6.45) is -0.233. The van der Waals surface area contributed by atoms with Gasteiger partial charge in [-0.25, -0.2) is 0 Å². The quantitative estimate of drug-likeness (QED) is 0.503. The summed E-state index contributed by atoms with van der Waals surface area (Å²) < 4.78 is 0. The predicted octanol–water partition coefficient (Wildman–Crippen LogP) is 5.42. The summed E-state index contributed by atoms with van der Waals surface area (Å²) in [6, 6.07) is 24.5. The van der Waals surface area contributed by atoms with E-state index in [0.717, 1.165) is 32.6 Å². The fourth-order valence-electron chi connectivity index (χ4n) is 3.55. The van der Waals surface area contributed by atoms with Crippen LogP contribution < -0.4 is 10.6 Å². The van der Waals surface area contributed by atoms with E-state index in [1.54, 1.807) is 11.3 Å². The van der Waals surface area contributed by atoms with Crippen LogP contribution in [0.2, 0.25) is 0 Å². The van der Waals surface area contributed by atoms with Crippen LogP contribution in [0.4, 0.5) is 5.00 Å². The number of carbonyl (C=O) groups excluding carboxylic acids is 1. The van der Waals surface area contributed by atoms with Gasteiger partial charge in [-0.1, -0.05) is 72.8 Å². The standard InChI is InChI=1S/C22H16N2OS/c25-21-19-18(15-7-2-1-3-8-15)13-26-22(19)24-20(23-21)17-12-6-10-14-9-4-5-11-16(14)17/h1-13,20,24H,(H,23,25)/t20-/m1/s1. The Labute approximate surface area is 155 Å². The van der Waals surface area contributed by atoms with Gasteiger partial charge in [-0.3, -0.25) is 4.79 Å². The summed E-state index contributed by atoms with van der Waals surface area (Å²) in [6.45, 7) is 0. The summed E-state index contributed by atoms with van der Waals surface area (Å²) in [5.41, 5.74) is 3.85. The third kappa shape index (κ3) is 2.38. The summed E-state index contributed by atoms with van der Waals surface area (Å²) in [4.78, 5) is 12.9. The fraction of sp³-hybridized carbons (Fsp3) is 0.0455. The van der Waals surface area contributed by atoms with E-state index in [-0.39, 0.29) is 12.1 Å². The van der Waals surface area contributed by atoms with Crippen molar-refractivity contribution >= 4 is 33.0 Å². The van der Waals surface area contributed by atoms with E-state index < -0.39 is 0 Å². The molecule has 0 saturated carbocycles. The normalized spacial score (nSPS) is 16.0. The number of anilines is 1. The third-order valence-electron chi connectivity index (χ3n) is 4.79. The smallest absolute Gasteiger partial charge is 0.256 e. The zero-order valence-corrected chi connectivity index (χ0v) is 14.7. The number of hydrogen-bond acceptors (Lipinski definition) is 3. The highest BCUT2D eigenvalue weighted by Gasteiger charge is 2.29. The second-order valence-electron chi connectivity index (χ2n) is 6.34. The third-order valence-corrected chi connectivity index (χ3v) is 5.70. The van der Waals surface area contributed by atoms with Crippen molar-refractivity contribution in [1.29, 1.82) is 0 Å². The van der Waals surface area contributed by atoms with E-state index in [9.17, 15) is 4.79 Å². The minimum Gasteiger partial charge on any atom is -0.353 e. The van der Waals surface area contributed by atoms with Gasteiger partial charge in [0.25, 0.3) is 5.91 Å². The average molecular weight is 356 g/mol. The Balaban J connectivity index is 1.58. The largest absolute Gasteiger partial charge is 0.353 e. The van der Waals surface area contributed by atoms with Crippen molar-refractivity contribution in [3.8, 4) is 11.1 Å². The summed E-state index contributed by atoms with van der Waals surface area (Å²) in [5.74, 6) is -0.0308. The maximum absolute atomic E-state index is 12.9. The highest BCUT2D eigenvalue weighted by molar-refractivity contribution is 7.15. The van der Waals surface area contributed by atoms with Gasteiger partial charge < -0.3 is 10.6 Å². The molecule has 2 heterocycles. The van der Waals surface area contributed by atoms with Crippen LogP contribution in [0.1, 0.15) is 22.1 Å². The minimum atomic E-state index is -0.233. The van der Waals surface area contributed by atoms with Gasteiger partial charge in [-0.2, -0.15) is 0 Å². The second kappa shape index (κ2) is 6.00. The molecule has 0 radical (unpaired) electrons. The van der Waals surface area contributed by atoms with Crippen LogP contribution in [0.25, 0.3) is 21.9 Å². The van der Waals surface area contributed by atoms with E-state index in [0.29, 0.717) is 0 Å². The van der Waals surface area contributed by atoms with Crippen LogP contribution in [-0.4, -0.2) is 5.91 Å². The first-order valence-electron chi connectivity index (χ1n) is 8.53. The van der Waals surface area contributed by atoms with Crippen LogP contribution in [0.5, 0.6) is 0 Å². The Bertz CT molecular complexity index is 1110. The molecule has 0 saturated heterocycles. The average Bonchev–Trinajstić information content (AvgIpc) is 3.13. The number of fused-ring (bicyclic) bond motifs is 2. The van der Waals surface area contributed by atoms with Gasteiger partial charge in [-0.15, -0.1) is 11.3 Å². The summed E-state index contributed by atoms with van der Waals surface area (Å²) in [7, 11) is 0. The van der Waals surface area contributed by atoms with E-state index in [4.69, 9.17) is 0 Å². The molecule has 3 nitrogen and oxygen atoms in total. The van der Waals surface area contributed by atoms with Crippen LogP contribution in [0.3, 0.4) is 0 Å². The molecule has 0 unspecified atom stereocenters. The van der Waals surface area contributed by atoms with Crippen LogP contribution in [0.15, 0.2) is 78.2 Å². The maximum Gasteiger partial charge on any atom is 0.256 e. The zero-order chi connectivity index (χ0) is 17.5. The molecule has 26 heavy (non-hydrogen) atoms. The lowest BCUT2D eigenvalue weighted by atomic mass is 9.99. The molecule has 4 heteroatoms. The highest BCUT2D eigenvalue weighted by atomic mass is 32.1. The molecule has 1 atom stereocenters. The van der Waals surface area contributed by atoms with Crippen molar-refractivity contribution in [3.63, 3.8) is 0 Å². The van der Waals surface area contributed by atoms with Crippen molar-refractivity contribution in [2.24, 2.45) is 0 Å². The van der Waals surface area contributed by atoms with Gasteiger partial charge in [0.2, 0.25) is 0 Å². The van der Waals surface area contributed by atoms with Gasteiger partial charge in [0.1, 0.15) is 11.2 Å². The Morgan fingerprint density at radius 1 is 0.808 bits per heavy atom. The van der Waals surface area contributed by atoms with Gasteiger partial charge in [0.15, 0.2) is 0 Å². The second-order valence-corrected chi connectivity index (χ2v) is 7.22. The predicted molar refractivity (Wildman–Crippen MR) is 108 cm³/mol. The first-order chi connectivity index (χ1) is 12.8. The molecule has 0 fully saturated rings. The molecule has 126 valence electrons. The summed E-state index contributed by atoms with van der Waals surface area (Å²) in [5, 5.41) is 11.9. The molecule has 1 aliphatic heterocycles. The highest BCUT2D eigenvalue weighted by Crippen LogP contribution is 2.40. The number of amides is 1. The van der Waals surface area contributed by atoms with E-state index in [2.05, 4.69) is 40.3 Å². The molecule has 3 aromatic carbocycles. The van der Waals surface area contributed by atoms with E-state index >= 15 is 0 Å². The minimum absolute atomic E-state index is 0.0308. The Kier molecular flexibility index (Phi) is 3.50. The van der Waals surface area contributed by atoms with Crippen molar-refractivity contribution in [2.45, 2.75) is 6.17 Å². The van der Waals surface area contributed by atoms with Crippen molar-refractivity contribution in [3.05, 3.63) is 89.3 Å². The van der Waals surface area contributed by atoms with Gasteiger partial charge in [-0.05, 0) is 16.3 Å². The number of thiophene rings is 1.